The Morgan fingerprint density at radius 2 is 1.69 bits per heavy atom. The Kier molecular flexibility index (Phi) is 7.24. The monoisotopic (exact) mass is 415 g/mol. The molecule has 1 heterocycles. The van der Waals surface area contributed by atoms with E-state index in [0.717, 1.165) is 25.7 Å². The van der Waals surface area contributed by atoms with Crippen molar-refractivity contribution in [1.82, 2.24) is 16.2 Å². The van der Waals surface area contributed by atoms with Gasteiger partial charge in [-0.1, -0.05) is 12.8 Å². The Morgan fingerprint density at radius 1 is 0.966 bits per heavy atom. The summed E-state index contributed by atoms with van der Waals surface area (Å²) in [6.45, 7) is -0.244. The van der Waals surface area contributed by atoms with Crippen molar-refractivity contribution in [2.75, 3.05) is 13.7 Å². The molecule has 3 N–H and O–H groups in total. The van der Waals surface area contributed by atoms with Crippen molar-refractivity contribution in [2.45, 2.75) is 38.5 Å². The quantitative estimate of drug-likeness (QED) is 0.654. The Bertz CT molecular complexity index is 851. The van der Waals surface area contributed by atoms with Crippen LogP contribution in [0.2, 0.25) is 0 Å². The molecule has 29 heavy (non-hydrogen) atoms. The number of nitrogens with one attached hydrogen (secondary N) is 3. The molecule has 3 rings (SSSR count). The molecular formula is C21H25N3O4S. The first-order valence-corrected chi connectivity index (χ1v) is 10.5. The van der Waals surface area contributed by atoms with Crippen LogP contribution in [0.4, 0.5) is 0 Å². The first-order chi connectivity index (χ1) is 14.1. The number of fused-ring (bicyclic) bond motifs is 1. The van der Waals surface area contributed by atoms with Crippen molar-refractivity contribution in [3.8, 4) is 5.75 Å². The van der Waals surface area contributed by atoms with Gasteiger partial charge in [0.25, 0.3) is 17.7 Å². The molecule has 154 valence electrons. The van der Waals surface area contributed by atoms with Crippen LogP contribution >= 0.6 is 11.3 Å². The number of hydrazine groups is 1. The molecule has 1 aliphatic rings. The predicted octanol–water partition coefficient (Wildman–Crippen LogP) is 2.61. The third-order valence-corrected chi connectivity index (χ3v) is 6.03. The highest BCUT2D eigenvalue weighted by Crippen LogP contribution is 2.28. The lowest BCUT2D eigenvalue weighted by atomic mass is 10.00. The van der Waals surface area contributed by atoms with Crippen molar-refractivity contribution in [1.29, 1.82) is 0 Å². The van der Waals surface area contributed by atoms with Gasteiger partial charge in [-0.25, -0.2) is 0 Å². The molecule has 8 heteroatoms. The van der Waals surface area contributed by atoms with Crippen LogP contribution in [0.3, 0.4) is 0 Å². The lowest BCUT2D eigenvalue weighted by Crippen LogP contribution is -2.46. The molecule has 2 aromatic rings. The smallest absolute Gasteiger partial charge is 0.279 e. The molecule has 0 spiro atoms. The van der Waals surface area contributed by atoms with Crippen molar-refractivity contribution in [2.24, 2.45) is 0 Å². The number of amides is 3. The highest BCUT2D eigenvalue weighted by Gasteiger charge is 2.16. The van der Waals surface area contributed by atoms with E-state index in [2.05, 4.69) is 16.2 Å². The van der Waals surface area contributed by atoms with Crippen molar-refractivity contribution < 1.29 is 19.1 Å². The van der Waals surface area contributed by atoms with E-state index < -0.39 is 5.91 Å². The molecule has 0 fully saturated rings. The van der Waals surface area contributed by atoms with Crippen LogP contribution in [0, 0.1) is 0 Å². The Hall–Kier alpha value is -2.87. The number of hydrogen-bond acceptors (Lipinski definition) is 5. The highest BCUT2D eigenvalue weighted by molar-refractivity contribution is 7.14. The SMILES string of the molecule is COc1ccc(C(=O)NCC(=O)NNC(=O)c2cc3c(s2)CCCCCC3)cc1. The number of methoxy groups -OCH3 is 1. The summed E-state index contributed by atoms with van der Waals surface area (Å²) in [5.74, 6) is -0.581. The molecule has 3 amide bonds. The van der Waals surface area contributed by atoms with Gasteiger partial charge in [0.05, 0.1) is 18.5 Å². The van der Waals surface area contributed by atoms with Gasteiger partial charge in [-0.15, -0.1) is 11.3 Å². The van der Waals surface area contributed by atoms with Crippen LogP contribution in [0.1, 0.15) is 56.2 Å². The van der Waals surface area contributed by atoms with Gasteiger partial charge >= 0.3 is 0 Å². The zero-order valence-electron chi connectivity index (χ0n) is 16.4. The maximum absolute atomic E-state index is 12.3. The fourth-order valence-corrected chi connectivity index (χ4v) is 4.34. The molecule has 7 nitrogen and oxygen atoms in total. The predicted molar refractivity (Wildman–Crippen MR) is 111 cm³/mol. The van der Waals surface area contributed by atoms with E-state index in [-0.39, 0.29) is 18.4 Å². The summed E-state index contributed by atoms with van der Waals surface area (Å²) >= 11 is 1.49. The number of carbonyl (C=O) groups is 3. The molecule has 0 bridgehead atoms. The number of hydrogen-bond donors (Lipinski definition) is 3. The summed E-state index contributed by atoms with van der Waals surface area (Å²) in [5.41, 5.74) is 6.43. The standard InChI is InChI=1S/C21H25N3O4S/c1-28-16-10-8-14(9-11-16)20(26)22-13-19(25)23-24-21(27)18-12-15-6-4-2-3-5-7-17(15)29-18/h8-12H,2-7,13H2,1H3,(H,22,26)(H,23,25)(H,24,27). The van der Waals surface area contributed by atoms with E-state index in [0.29, 0.717) is 16.2 Å². The minimum atomic E-state index is -0.505. The third-order valence-electron chi connectivity index (χ3n) is 4.80. The Balaban J connectivity index is 1.45. The molecule has 0 atom stereocenters. The average Bonchev–Trinajstić information content (AvgIpc) is 3.12. The van der Waals surface area contributed by atoms with E-state index >= 15 is 0 Å². The number of rotatable bonds is 5. The summed E-state index contributed by atoms with van der Waals surface area (Å²) < 4.78 is 5.04. The van der Waals surface area contributed by atoms with Crippen LogP contribution < -0.4 is 20.9 Å². The minimum absolute atomic E-state index is 0.244. The number of carbonyl (C=O) groups excluding carboxylic acids is 3. The van der Waals surface area contributed by atoms with E-state index in [4.69, 9.17) is 4.74 Å². The summed E-state index contributed by atoms with van der Waals surface area (Å²) in [6, 6.07) is 8.48. The lowest BCUT2D eigenvalue weighted by molar-refractivity contribution is -0.120. The highest BCUT2D eigenvalue weighted by atomic mass is 32.1. The van der Waals surface area contributed by atoms with Crippen LogP contribution in [-0.4, -0.2) is 31.4 Å². The molecule has 1 aromatic carbocycles. The van der Waals surface area contributed by atoms with Crippen LogP contribution in [0.5, 0.6) is 5.75 Å². The first kappa shape index (κ1) is 20.9. The summed E-state index contributed by atoms with van der Waals surface area (Å²) in [7, 11) is 1.54. The minimum Gasteiger partial charge on any atom is -0.497 e. The second-order valence-electron chi connectivity index (χ2n) is 6.89. The van der Waals surface area contributed by atoms with Crippen molar-refractivity contribution in [3.05, 3.63) is 51.2 Å². The number of ether oxygens (including phenoxy) is 1. The number of benzene rings is 1. The third kappa shape index (κ3) is 5.80. The fraction of sp³-hybridized carbons (Fsp3) is 0.381. The van der Waals surface area contributed by atoms with Gasteiger partial charge in [-0.3, -0.25) is 25.2 Å². The molecule has 0 aliphatic heterocycles. The summed E-state index contributed by atoms with van der Waals surface area (Å²) in [6.07, 6.45) is 6.78. The average molecular weight is 416 g/mol. The second kappa shape index (κ2) is 10.1. The maximum atomic E-state index is 12.3. The van der Waals surface area contributed by atoms with Gasteiger partial charge in [0.1, 0.15) is 5.75 Å². The summed E-state index contributed by atoms with van der Waals surface area (Å²) in [5, 5.41) is 2.51. The van der Waals surface area contributed by atoms with Gasteiger partial charge in [-0.2, -0.15) is 0 Å². The topological polar surface area (TPSA) is 96.5 Å². The fourth-order valence-electron chi connectivity index (χ4n) is 3.19. The number of thiophene rings is 1. The molecule has 0 unspecified atom stereocenters. The van der Waals surface area contributed by atoms with Gasteiger partial charge in [0.2, 0.25) is 0 Å². The van der Waals surface area contributed by atoms with Gasteiger partial charge in [0, 0.05) is 10.4 Å². The van der Waals surface area contributed by atoms with Crippen LogP contribution in [0.15, 0.2) is 30.3 Å². The van der Waals surface area contributed by atoms with Crippen molar-refractivity contribution in [3.63, 3.8) is 0 Å². The Morgan fingerprint density at radius 3 is 2.41 bits per heavy atom. The molecule has 1 aromatic heterocycles. The maximum Gasteiger partial charge on any atom is 0.279 e. The van der Waals surface area contributed by atoms with E-state index in [9.17, 15) is 14.4 Å². The Labute approximate surface area is 173 Å². The molecule has 0 saturated carbocycles. The van der Waals surface area contributed by atoms with Gasteiger partial charge in [0.15, 0.2) is 0 Å². The van der Waals surface area contributed by atoms with E-state index in [1.165, 1.54) is 34.6 Å². The zero-order chi connectivity index (χ0) is 20.6. The van der Waals surface area contributed by atoms with Crippen LogP contribution in [0.25, 0.3) is 0 Å². The van der Waals surface area contributed by atoms with E-state index in [1.54, 1.807) is 31.4 Å². The molecule has 1 aliphatic carbocycles. The van der Waals surface area contributed by atoms with Crippen LogP contribution in [-0.2, 0) is 17.6 Å². The molecule has 0 radical (unpaired) electrons. The lowest BCUT2D eigenvalue weighted by Gasteiger charge is -2.08. The van der Waals surface area contributed by atoms with Gasteiger partial charge in [-0.05, 0) is 61.6 Å². The molecule has 0 saturated heterocycles. The normalized spacial score (nSPS) is 13.4. The van der Waals surface area contributed by atoms with Crippen molar-refractivity contribution >= 4 is 29.1 Å². The van der Waals surface area contributed by atoms with Gasteiger partial charge < -0.3 is 10.1 Å². The largest absolute Gasteiger partial charge is 0.497 e. The van der Waals surface area contributed by atoms with E-state index in [1.807, 2.05) is 6.07 Å². The zero-order valence-corrected chi connectivity index (χ0v) is 17.2. The number of aryl methyl sites for hydroxylation is 2. The first-order valence-electron chi connectivity index (χ1n) is 9.70. The molecular weight excluding hydrogens is 390 g/mol. The summed E-state index contributed by atoms with van der Waals surface area (Å²) in [4.78, 5) is 38.2. The second-order valence-corrected chi connectivity index (χ2v) is 8.02.